The third-order valence-corrected chi connectivity index (χ3v) is 5.87. The minimum absolute atomic E-state index is 0.111. The molecule has 0 bridgehead atoms. The van der Waals surface area contributed by atoms with Crippen LogP contribution in [0.15, 0.2) is 53.7 Å². The van der Waals surface area contributed by atoms with Gasteiger partial charge in [0.15, 0.2) is 5.16 Å². The molecule has 0 fully saturated rings. The Bertz CT molecular complexity index is 1070. The highest BCUT2D eigenvalue weighted by Gasteiger charge is 2.17. The van der Waals surface area contributed by atoms with Gasteiger partial charge in [-0.1, -0.05) is 59.8 Å². The van der Waals surface area contributed by atoms with Crippen LogP contribution in [-0.4, -0.2) is 46.0 Å². The Morgan fingerprint density at radius 2 is 1.88 bits per heavy atom. The maximum absolute atomic E-state index is 12.3. The van der Waals surface area contributed by atoms with Crippen LogP contribution >= 0.6 is 11.8 Å². The maximum Gasteiger partial charge on any atom is 0.305 e. The fourth-order valence-electron chi connectivity index (χ4n) is 3.33. The van der Waals surface area contributed by atoms with E-state index in [0.717, 1.165) is 22.6 Å². The van der Waals surface area contributed by atoms with Crippen LogP contribution in [0.1, 0.15) is 35.4 Å². The third kappa shape index (κ3) is 6.43. The molecule has 2 aromatic carbocycles. The molecule has 3 aromatic rings. The average molecular weight is 453 g/mol. The zero-order valence-corrected chi connectivity index (χ0v) is 19.4. The first kappa shape index (κ1) is 23.5. The molecular weight excluding hydrogens is 424 g/mol. The average Bonchev–Trinajstić information content (AvgIpc) is 3.18. The first-order valence-corrected chi connectivity index (χ1v) is 11.5. The van der Waals surface area contributed by atoms with E-state index in [4.69, 9.17) is 0 Å². The first-order valence-electron chi connectivity index (χ1n) is 10.5. The number of thioether (sulfide) groups is 1. The fraction of sp³-hybridized carbons (Fsp3) is 0.333. The predicted molar refractivity (Wildman–Crippen MR) is 125 cm³/mol. The number of rotatable bonds is 10. The second-order valence-electron chi connectivity index (χ2n) is 7.50. The first-order chi connectivity index (χ1) is 15.5. The number of amides is 1. The Hall–Kier alpha value is -3.13. The van der Waals surface area contributed by atoms with Gasteiger partial charge in [0.1, 0.15) is 5.82 Å². The lowest BCUT2D eigenvalue weighted by Crippen LogP contribution is -2.26. The summed E-state index contributed by atoms with van der Waals surface area (Å²) in [7, 11) is 1.36. The van der Waals surface area contributed by atoms with Gasteiger partial charge in [-0.2, -0.15) is 0 Å². The van der Waals surface area contributed by atoms with Crippen molar-refractivity contribution < 1.29 is 14.3 Å². The monoisotopic (exact) mass is 452 g/mol. The number of ether oxygens (including phenoxy) is 1. The van der Waals surface area contributed by atoms with Crippen LogP contribution in [0, 0.1) is 13.8 Å². The van der Waals surface area contributed by atoms with Crippen LogP contribution in [0.4, 0.5) is 0 Å². The van der Waals surface area contributed by atoms with E-state index in [-0.39, 0.29) is 24.1 Å². The molecule has 0 aliphatic heterocycles. The van der Waals surface area contributed by atoms with E-state index in [1.54, 1.807) is 0 Å². The van der Waals surface area contributed by atoms with Gasteiger partial charge in [0.05, 0.1) is 18.6 Å². The summed E-state index contributed by atoms with van der Waals surface area (Å²) in [4.78, 5) is 23.4. The number of hydrogen-bond donors (Lipinski definition) is 1. The standard InChI is InChI=1S/C24H28N4O3S/c1-17-11-12-20(18(2)14-17)28-21(15-19-8-5-4-6-9-19)26-27-24(28)32-16-22(29)25-13-7-10-23(30)31-3/h4-6,8-9,11-12,14H,7,10,13,15-16H2,1-3H3,(H,25,29). The molecule has 0 unspecified atom stereocenters. The Kier molecular flexibility index (Phi) is 8.44. The summed E-state index contributed by atoms with van der Waals surface area (Å²) in [5.41, 5.74) is 4.45. The molecule has 168 valence electrons. The Morgan fingerprint density at radius 3 is 2.59 bits per heavy atom. The van der Waals surface area contributed by atoms with Gasteiger partial charge in [0.25, 0.3) is 0 Å². The highest BCUT2D eigenvalue weighted by molar-refractivity contribution is 7.99. The molecule has 1 amide bonds. The molecule has 0 aliphatic rings. The maximum atomic E-state index is 12.3. The van der Waals surface area contributed by atoms with E-state index in [1.807, 2.05) is 22.8 Å². The molecule has 3 rings (SSSR count). The molecule has 1 heterocycles. The van der Waals surface area contributed by atoms with Gasteiger partial charge in [-0.05, 0) is 37.5 Å². The van der Waals surface area contributed by atoms with Gasteiger partial charge in [0.2, 0.25) is 5.91 Å². The summed E-state index contributed by atoms with van der Waals surface area (Å²) in [5.74, 6) is 0.650. The van der Waals surface area contributed by atoms with Crippen LogP contribution in [-0.2, 0) is 20.7 Å². The number of benzene rings is 2. The summed E-state index contributed by atoms with van der Waals surface area (Å²) in [6.07, 6.45) is 1.47. The normalized spacial score (nSPS) is 10.7. The van der Waals surface area contributed by atoms with Crippen molar-refractivity contribution in [1.29, 1.82) is 0 Å². The molecule has 8 heteroatoms. The third-order valence-electron chi connectivity index (χ3n) is 4.94. The summed E-state index contributed by atoms with van der Waals surface area (Å²) in [5, 5.41) is 12.3. The molecular formula is C24H28N4O3S. The molecule has 0 radical (unpaired) electrons. The SMILES string of the molecule is COC(=O)CCCNC(=O)CSc1nnc(Cc2ccccc2)n1-c1ccc(C)cc1C. The van der Waals surface area contributed by atoms with Crippen LogP contribution < -0.4 is 5.32 Å². The van der Waals surface area contributed by atoms with Gasteiger partial charge in [-0.25, -0.2) is 0 Å². The molecule has 1 N–H and O–H groups in total. The van der Waals surface area contributed by atoms with Crippen LogP contribution in [0.3, 0.4) is 0 Å². The predicted octanol–water partition coefficient (Wildman–Crippen LogP) is 3.64. The summed E-state index contributed by atoms with van der Waals surface area (Å²) >= 11 is 1.35. The number of carbonyl (C=O) groups excluding carboxylic acids is 2. The largest absolute Gasteiger partial charge is 0.469 e. The van der Waals surface area contributed by atoms with Crippen LogP contribution in [0.5, 0.6) is 0 Å². The van der Waals surface area contributed by atoms with Gasteiger partial charge in [-0.3, -0.25) is 14.2 Å². The van der Waals surface area contributed by atoms with Crippen molar-refractivity contribution in [3.05, 3.63) is 71.0 Å². The zero-order chi connectivity index (χ0) is 22.9. The van der Waals surface area contributed by atoms with Gasteiger partial charge < -0.3 is 10.1 Å². The molecule has 1 aromatic heterocycles. The highest BCUT2D eigenvalue weighted by atomic mass is 32.2. The topological polar surface area (TPSA) is 86.1 Å². The number of methoxy groups -OCH3 is 1. The molecule has 0 saturated heterocycles. The number of esters is 1. The van der Waals surface area contributed by atoms with Crippen molar-refractivity contribution >= 4 is 23.6 Å². The number of aryl methyl sites for hydroxylation is 2. The van der Waals surface area contributed by atoms with Crippen molar-refractivity contribution in [2.24, 2.45) is 0 Å². The number of carbonyl (C=O) groups is 2. The van der Waals surface area contributed by atoms with Crippen molar-refractivity contribution in [3.8, 4) is 5.69 Å². The van der Waals surface area contributed by atoms with Gasteiger partial charge in [-0.15, -0.1) is 10.2 Å². The lowest BCUT2D eigenvalue weighted by atomic mass is 10.1. The van der Waals surface area contributed by atoms with E-state index >= 15 is 0 Å². The fourth-order valence-corrected chi connectivity index (χ4v) is 4.12. The lowest BCUT2D eigenvalue weighted by molar-refractivity contribution is -0.140. The van der Waals surface area contributed by atoms with E-state index in [2.05, 4.69) is 64.4 Å². The summed E-state index contributed by atoms with van der Waals surface area (Å²) in [6.45, 7) is 4.56. The minimum Gasteiger partial charge on any atom is -0.469 e. The van der Waals surface area contributed by atoms with E-state index in [1.165, 1.54) is 24.4 Å². The smallest absolute Gasteiger partial charge is 0.305 e. The minimum atomic E-state index is -0.277. The number of nitrogens with zero attached hydrogens (tertiary/aromatic N) is 3. The second-order valence-corrected chi connectivity index (χ2v) is 8.45. The molecule has 7 nitrogen and oxygen atoms in total. The van der Waals surface area contributed by atoms with Crippen molar-refractivity contribution in [3.63, 3.8) is 0 Å². The van der Waals surface area contributed by atoms with Crippen LogP contribution in [0.25, 0.3) is 5.69 Å². The van der Waals surface area contributed by atoms with E-state index in [0.29, 0.717) is 24.5 Å². The van der Waals surface area contributed by atoms with E-state index < -0.39 is 0 Å². The molecule has 32 heavy (non-hydrogen) atoms. The number of aromatic nitrogens is 3. The Morgan fingerprint density at radius 1 is 1.09 bits per heavy atom. The van der Waals surface area contributed by atoms with Gasteiger partial charge in [0, 0.05) is 19.4 Å². The lowest BCUT2D eigenvalue weighted by Gasteiger charge is -2.13. The summed E-state index contributed by atoms with van der Waals surface area (Å²) < 4.78 is 6.64. The highest BCUT2D eigenvalue weighted by Crippen LogP contribution is 2.26. The van der Waals surface area contributed by atoms with Crippen molar-refractivity contribution in [1.82, 2.24) is 20.1 Å². The second kappa shape index (κ2) is 11.5. The molecule has 0 spiro atoms. The molecule has 0 atom stereocenters. The summed E-state index contributed by atoms with van der Waals surface area (Å²) in [6, 6.07) is 16.4. The Labute approximate surface area is 192 Å². The van der Waals surface area contributed by atoms with Crippen molar-refractivity contribution in [2.45, 2.75) is 38.3 Å². The number of nitrogens with one attached hydrogen (secondary N) is 1. The van der Waals surface area contributed by atoms with Crippen LogP contribution in [0.2, 0.25) is 0 Å². The molecule has 0 aliphatic carbocycles. The van der Waals surface area contributed by atoms with E-state index in [9.17, 15) is 9.59 Å². The van der Waals surface area contributed by atoms with Gasteiger partial charge >= 0.3 is 5.97 Å². The van der Waals surface area contributed by atoms with Crippen molar-refractivity contribution in [2.75, 3.05) is 19.4 Å². The quantitative estimate of drug-likeness (QED) is 0.287. The number of hydrogen-bond acceptors (Lipinski definition) is 6. The molecule has 0 saturated carbocycles. The Balaban J connectivity index is 1.74. The zero-order valence-electron chi connectivity index (χ0n) is 18.6.